The van der Waals surface area contributed by atoms with Crippen molar-refractivity contribution >= 4 is 5.52 Å². The molecular weight excluding hydrogens is 224 g/mol. The molecule has 2 heterocycles. The highest BCUT2D eigenvalue weighted by Gasteiger charge is 2.12. The van der Waals surface area contributed by atoms with E-state index in [4.69, 9.17) is 0 Å². The van der Waals surface area contributed by atoms with Crippen LogP contribution in [-0.4, -0.2) is 20.6 Å². The van der Waals surface area contributed by atoms with Crippen molar-refractivity contribution in [1.29, 1.82) is 0 Å². The van der Waals surface area contributed by atoms with Crippen LogP contribution in [0.5, 0.6) is 0 Å². The number of hydrogen-bond acceptors (Lipinski definition) is 3. The fraction of sp³-hybridized carbons (Fsp3) is 0.571. The Morgan fingerprint density at radius 2 is 2.00 bits per heavy atom. The largest absolute Gasteiger partial charge is 0.310 e. The van der Waals surface area contributed by atoms with Gasteiger partial charge in [0.1, 0.15) is 0 Å². The third-order valence-electron chi connectivity index (χ3n) is 3.84. The molecule has 4 heteroatoms. The average molecular weight is 244 g/mol. The van der Waals surface area contributed by atoms with Crippen molar-refractivity contribution in [3.05, 3.63) is 30.4 Å². The van der Waals surface area contributed by atoms with Gasteiger partial charge in [0.25, 0.3) is 0 Å². The number of rotatable bonds is 3. The number of hydrogen-bond donors (Lipinski definition) is 1. The minimum absolute atomic E-state index is 0.680. The molecule has 1 saturated carbocycles. The molecule has 1 aliphatic carbocycles. The van der Waals surface area contributed by atoms with E-state index in [1.807, 2.05) is 23.1 Å². The molecule has 2 aromatic rings. The molecule has 3 rings (SSSR count). The van der Waals surface area contributed by atoms with Gasteiger partial charge in [-0.1, -0.05) is 25.7 Å². The van der Waals surface area contributed by atoms with Crippen LogP contribution in [0, 0.1) is 0 Å². The molecule has 0 atom stereocenters. The van der Waals surface area contributed by atoms with Crippen molar-refractivity contribution in [3.63, 3.8) is 0 Å². The van der Waals surface area contributed by atoms with Gasteiger partial charge in [0.05, 0.1) is 17.9 Å². The number of aromatic nitrogens is 3. The van der Waals surface area contributed by atoms with Gasteiger partial charge in [-0.25, -0.2) is 4.52 Å². The zero-order chi connectivity index (χ0) is 12.2. The van der Waals surface area contributed by atoms with Gasteiger partial charge in [-0.05, 0) is 12.8 Å². The lowest BCUT2D eigenvalue weighted by molar-refractivity contribution is 0.460. The molecule has 1 fully saturated rings. The molecule has 18 heavy (non-hydrogen) atoms. The maximum absolute atomic E-state index is 4.34. The second-order valence-electron chi connectivity index (χ2n) is 5.15. The second-order valence-corrected chi connectivity index (χ2v) is 5.15. The predicted molar refractivity (Wildman–Crippen MR) is 71.3 cm³/mol. The highest BCUT2D eigenvalue weighted by molar-refractivity contribution is 5.51. The molecule has 0 radical (unpaired) electrons. The van der Waals surface area contributed by atoms with Crippen LogP contribution in [0.25, 0.3) is 5.52 Å². The van der Waals surface area contributed by atoms with Crippen molar-refractivity contribution in [3.8, 4) is 0 Å². The summed E-state index contributed by atoms with van der Waals surface area (Å²) in [4.78, 5) is 4.17. The van der Waals surface area contributed by atoms with Crippen LogP contribution in [0.2, 0.25) is 0 Å². The molecule has 0 unspecified atom stereocenters. The van der Waals surface area contributed by atoms with Gasteiger partial charge in [-0.2, -0.15) is 5.10 Å². The van der Waals surface area contributed by atoms with Gasteiger partial charge in [0, 0.05) is 30.5 Å². The lowest BCUT2D eigenvalue weighted by atomic mass is 10.1. The normalized spacial score (nSPS) is 18.0. The van der Waals surface area contributed by atoms with E-state index in [0.717, 1.165) is 12.1 Å². The summed E-state index contributed by atoms with van der Waals surface area (Å²) in [5, 5.41) is 8.01. The van der Waals surface area contributed by atoms with Gasteiger partial charge in [0.15, 0.2) is 0 Å². The summed E-state index contributed by atoms with van der Waals surface area (Å²) in [6, 6.07) is 0.680. The molecule has 0 saturated heterocycles. The van der Waals surface area contributed by atoms with Gasteiger partial charge in [-0.15, -0.1) is 0 Å². The molecule has 2 aromatic heterocycles. The lowest BCUT2D eigenvalue weighted by Gasteiger charge is -2.15. The van der Waals surface area contributed by atoms with E-state index in [0.29, 0.717) is 6.04 Å². The highest BCUT2D eigenvalue weighted by Crippen LogP contribution is 2.18. The van der Waals surface area contributed by atoms with Crippen molar-refractivity contribution < 1.29 is 0 Å². The smallest absolute Gasteiger partial charge is 0.0889 e. The molecule has 1 N–H and O–H groups in total. The lowest BCUT2D eigenvalue weighted by Crippen LogP contribution is -2.27. The average Bonchev–Trinajstić information content (AvgIpc) is 2.64. The van der Waals surface area contributed by atoms with E-state index >= 15 is 0 Å². The molecule has 96 valence electrons. The number of fused-ring (bicyclic) bond motifs is 1. The third-order valence-corrected chi connectivity index (χ3v) is 3.84. The Kier molecular flexibility index (Phi) is 3.55. The van der Waals surface area contributed by atoms with Gasteiger partial charge < -0.3 is 5.32 Å². The van der Waals surface area contributed by atoms with E-state index in [-0.39, 0.29) is 0 Å². The molecule has 1 aliphatic rings. The van der Waals surface area contributed by atoms with Crippen molar-refractivity contribution in [2.24, 2.45) is 0 Å². The molecule has 0 amide bonds. The summed E-state index contributed by atoms with van der Waals surface area (Å²) in [5.74, 6) is 0. The van der Waals surface area contributed by atoms with Gasteiger partial charge in [-0.3, -0.25) is 4.98 Å². The van der Waals surface area contributed by atoms with Crippen LogP contribution in [0.1, 0.15) is 44.1 Å². The molecule has 0 bridgehead atoms. The second kappa shape index (κ2) is 5.48. The van der Waals surface area contributed by atoms with Crippen LogP contribution in [0.3, 0.4) is 0 Å². The Balaban J connectivity index is 1.65. The zero-order valence-corrected chi connectivity index (χ0v) is 10.7. The topological polar surface area (TPSA) is 42.2 Å². The van der Waals surface area contributed by atoms with Gasteiger partial charge in [0.2, 0.25) is 0 Å². The Morgan fingerprint density at radius 1 is 1.17 bits per heavy atom. The number of nitrogens with zero attached hydrogens (tertiary/aromatic N) is 3. The minimum Gasteiger partial charge on any atom is -0.310 e. The Labute approximate surface area is 107 Å². The summed E-state index contributed by atoms with van der Waals surface area (Å²) in [5.41, 5.74) is 2.35. The first-order chi connectivity index (χ1) is 8.93. The van der Waals surface area contributed by atoms with E-state index in [1.54, 1.807) is 6.20 Å². The molecule has 4 nitrogen and oxygen atoms in total. The first-order valence-electron chi connectivity index (χ1n) is 6.93. The van der Waals surface area contributed by atoms with Crippen LogP contribution >= 0.6 is 0 Å². The Bertz CT molecular complexity index is 497. The first-order valence-corrected chi connectivity index (χ1v) is 6.93. The SMILES string of the molecule is c1cn2ncc(CNC3CCCCCC3)c2cn1. The molecule has 0 aromatic carbocycles. The summed E-state index contributed by atoms with van der Waals surface area (Å²) in [7, 11) is 0. The maximum Gasteiger partial charge on any atom is 0.0889 e. The summed E-state index contributed by atoms with van der Waals surface area (Å²) in [6.45, 7) is 0.903. The van der Waals surface area contributed by atoms with E-state index in [9.17, 15) is 0 Å². The molecule has 0 aliphatic heterocycles. The molecule has 0 spiro atoms. The first kappa shape index (κ1) is 11.7. The standard InChI is InChI=1S/C14H20N4/c1-2-4-6-13(5-3-1)16-9-12-10-17-18-8-7-15-11-14(12)18/h7-8,10-11,13,16H,1-6,9H2. The zero-order valence-electron chi connectivity index (χ0n) is 10.7. The molecular formula is C14H20N4. The monoisotopic (exact) mass is 244 g/mol. The van der Waals surface area contributed by atoms with Crippen molar-refractivity contribution in [2.45, 2.75) is 51.1 Å². The van der Waals surface area contributed by atoms with Crippen molar-refractivity contribution in [1.82, 2.24) is 19.9 Å². The van der Waals surface area contributed by atoms with Crippen LogP contribution in [0.4, 0.5) is 0 Å². The van der Waals surface area contributed by atoms with Crippen LogP contribution in [-0.2, 0) is 6.54 Å². The summed E-state index contributed by atoms with van der Waals surface area (Å²) in [6.07, 6.45) is 15.7. The number of nitrogens with one attached hydrogen (secondary N) is 1. The fourth-order valence-corrected chi connectivity index (χ4v) is 2.76. The van der Waals surface area contributed by atoms with Gasteiger partial charge >= 0.3 is 0 Å². The van der Waals surface area contributed by atoms with Crippen molar-refractivity contribution in [2.75, 3.05) is 0 Å². The summed E-state index contributed by atoms with van der Waals surface area (Å²) < 4.78 is 1.89. The van der Waals surface area contributed by atoms with E-state index in [2.05, 4.69) is 15.4 Å². The highest BCUT2D eigenvalue weighted by atomic mass is 15.2. The third kappa shape index (κ3) is 2.53. The summed E-state index contributed by atoms with van der Waals surface area (Å²) >= 11 is 0. The predicted octanol–water partition coefficient (Wildman–Crippen LogP) is 2.54. The Hall–Kier alpha value is -1.42. The minimum atomic E-state index is 0.680. The maximum atomic E-state index is 4.34. The van der Waals surface area contributed by atoms with E-state index in [1.165, 1.54) is 44.1 Å². The van der Waals surface area contributed by atoms with Crippen LogP contribution in [0.15, 0.2) is 24.8 Å². The Morgan fingerprint density at radius 3 is 2.83 bits per heavy atom. The quantitative estimate of drug-likeness (QED) is 0.844. The van der Waals surface area contributed by atoms with Crippen LogP contribution < -0.4 is 5.32 Å². The fourth-order valence-electron chi connectivity index (χ4n) is 2.76. The van der Waals surface area contributed by atoms with E-state index < -0.39 is 0 Å².